The van der Waals surface area contributed by atoms with Crippen LogP contribution in [0.15, 0.2) is 48.7 Å². The van der Waals surface area contributed by atoms with Crippen molar-refractivity contribution in [3.05, 3.63) is 59.5 Å². The summed E-state index contributed by atoms with van der Waals surface area (Å²) in [6.45, 7) is 1.93. The molecule has 0 saturated heterocycles. The number of thioether (sulfide) groups is 1. The van der Waals surface area contributed by atoms with Gasteiger partial charge in [0.05, 0.1) is 4.92 Å². The lowest BCUT2D eigenvalue weighted by Crippen LogP contribution is -2.00. The summed E-state index contributed by atoms with van der Waals surface area (Å²) < 4.78 is -0.520. The van der Waals surface area contributed by atoms with Crippen LogP contribution in [0.3, 0.4) is 0 Å². The SMILES string of the molecule is Cc1ccc(S/C(Cl)=C(/C(Cl)=C(Cl)Cl)[N+](=O)[O-])cc1. The first-order valence-corrected chi connectivity index (χ1v) is 7.15. The van der Waals surface area contributed by atoms with Crippen molar-refractivity contribution in [3.63, 3.8) is 0 Å². The molecule has 1 aromatic carbocycles. The van der Waals surface area contributed by atoms with Crippen LogP contribution in [-0.2, 0) is 0 Å². The Labute approximate surface area is 134 Å². The van der Waals surface area contributed by atoms with E-state index in [1.807, 2.05) is 19.1 Å². The molecule has 0 aliphatic heterocycles. The van der Waals surface area contributed by atoms with E-state index >= 15 is 0 Å². The van der Waals surface area contributed by atoms with Gasteiger partial charge in [-0.25, -0.2) is 0 Å². The van der Waals surface area contributed by atoms with Gasteiger partial charge in [0.2, 0.25) is 0 Å². The summed E-state index contributed by atoms with van der Waals surface area (Å²) in [5, 5.41) is 10.6. The first-order valence-electron chi connectivity index (χ1n) is 4.82. The maximum atomic E-state index is 10.9. The Bertz CT molecular complexity index is 550. The molecule has 102 valence electrons. The third-order valence-corrected chi connectivity index (χ3v) is 4.20. The molecule has 1 rings (SSSR count). The van der Waals surface area contributed by atoms with Crippen molar-refractivity contribution in [2.75, 3.05) is 0 Å². The van der Waals surface area contributed by atoms with Gasteiger partial charge in [0, 0.05) is 4.90 Å². The normalized spacial score (nSPS) is 11.8. The Morgan fingerprint density at radius 1 is 1.16 bits per heavy atom. The first kappa shape index (κ1) is 16.7. The lowest BCUT2D eigenvalue weighted by atomic mass is 10.2. The zero-order valence-electron chi connectivity index (χ0n) is 9.49. The number of hydrogen-bond acceptors (Lipinski definition) is 3. The van der Waals surface area contributed by atoms with Crippen LogP contribution >= 0.6 is 58.2 Å². The van der Waals surface area contributed by atoms with Crippen LogP contribution in [0.25, 0.3) is 0 Å². The lowest BCUT2D eigenvalue weighted by molar-refractivity contribution is -0.419. The number of nitrogens with zero attached hydrogens (tertiary/aromatic N) is 1. The van der Waals surface area contributed by atoms with Gasteiger partial charge in [0.1, 0.15) is 4.49 Å². The molecule has 0 amide bonds. The van der Waals surface area contributed by atoms with Gasteiger partial charge in [-0.1, -0.05) is 75.9 Å². The Morgan fingerprint density at radius 3 is 2.11 bits per heavy atom. The molecule has 0 saturated carbocycles. The zero-order valence-corrected chi connectivity index (χ0v) is 13.3. The average molecular weight is 359 g/mol. The molecule has 0 heterocycles. The van der Waals surface area contributed by atoms with Crippen molar-refractivity contribution in [3.8, 4) is 0 Å². The predicted octanol–water partition coefficient (Wildman–Crippen LogP) is 5.66. The van der Waals surface area contributed by atoms with Crippen LogP contribution in [0.2, 0.25) is 0 Å². The van der Waals surface area contributed by atoms with E-state index in [4.69, 9.17) is 46.4 Å². The summed E-state index contributed by atoms with van der Waals surface area (Å²) in [5.74, 6) is 0. The van der Waals surface area contributed by atoms with E-state index < -0.39 is 20.1 Å². The molecule has 0 bridgehead atoms. The molecular formula is C11H7Cl4NO2S. The fourth-order valence-corrected chi connectivity index (χ4v) is 2.72. The minimum atomic E-state index is -0.726. The summed E-state index contributed by atoms with van der Waals surface area (Å²) in [4.78, 5) is 11.0. The largest absolute Gasteiger partial charge is 0.315 e. The average Bonchev–Trinajstić information content (AvgIpc) is 2.31. The third-order valence-electron chi connectivity index (χ3n) is 1.97. The smallest absolute Gasteiger partial charge is 0.258 e. The van der Waals surface area contributed by atoms with Crippen LogP contribution in [0.4, 0.5) is 0 Å². The van der Waals surface area contributed by atoms with Gasteiger partial charge < -0.3 is 0 Å². The third kappa shape index (κ3) is 4.89. The van der Waals surface area contributed by atoms with Crippen molar-refractivity contribution in [2.24, 2.45) is 0 Å². The highest BCUT2D eigenvalue weighted by Gasteiger charge is 2.24. The molecule has 1 aromatic rings. The lowest BCUT2D eigenvalue weighted by Gasteiger charge is -2.03. The summed E-state index contributed by atoms with van der Waals surface area (Å²) in [7, 11) is 0. The molecule has 19 heavy (non-hydrogen) atoms. The topological polar surface area (TPSA) is 43.1 Å². The number of benzene rings is 1. The number of allylic oxidation sites excluding steroid dienone is 1. The fourth-order valence-electron chi connectivity index (χ4n) is 1.09. The monoisotopic (exact) mass is 357 g/mol. The number of aryl methyl sites for hydroxylation is 1. The van der Waals surface area contributed by atoms with E-state index in [9.17, 15) is 10.1 Å². The van der Waals surface area contributed by atoms with E-state index in [1.54, 1.807) is 12.1 Å². The molecule has 0 unspecified atom stereocenters. The Morgan fingerprint density at radius 2 is 1.68 bits per heavy atom. The van der Waals surface area contributed by atoms with Gasteiger partial charge in [-0.05, 0) is 19.1 Å². The molecule has 0 aromatic heterocycles. The molecular weight excluding hydrogens is 352 g/mol. The highest BCUT2D eigenvalue weighted by molar-refractivity contribution is 8.04. The molecule has 0 spiro atoms. The van der Waals surface area contributed by atoms with Crippen molar-refractivity contribution < 1.29 is 4.92 Å². The minimum absolute atomic E-state index is 0.113. The Kier molecular flexibility index (Phi) is 6.50. The molecule has 0 fully saturated rings. The van der Waals surface area contributed by atoms with Gasteiger partial charge in [-0.3, -0.25) is 10.1 Å². The van der Waals surface area contributed by atoms with Gasteiger partial charge >= 0.3 is 5.70 Å². The van der Waals surface area contributed by atoms with Crippen LogP contribution in [-0.4, -0.2) is 4.92 Å². The molecule has 0 aliphatic rings. The van der Waals surface area contributed by atoms with E-state index in [2.05, 4.69) is 0 Å². The second kappa shape index (κ2) is 7.41. The highest BCUT2D eigenvalue weighted by Crippen LogP contribution is 2.37. The molecule has 0 radical (unpaired) electrons. The Hall–Kier alpha value is -0.390. The van der Waals surface area contributed by atoms with E-state index in [0.717, 1.165) is 22.2 Å². The van der Waals surface area contributed by atoms with Crippen molar-refractivity contribution >= 4 is 58.2 Å². The molecule has 0 N–H and O–H groups in total. The van der Waals surface area contributed by atoms with Crippen LogP contribution in [0, 0.1) is 17.0 Å². The zero-order chi connectivity index (χ0) is 14.6. The van der Waals surface area contributed by atoms with Gasteiger partial charge in [-0.15, -0.1) is 0 Å². The van der Waals surface area contributed by atoms with Crippen molar-refractivity contribution in [1.82, 2.24) is 0 Å². The molecule has 8 heteroatoms. The second-order valence-electron chi connectivity index (χ2n) is 3.37. The summed E-state index contributed by atoms with van der Waals surface area (Å²) in [6.07, 6.45) is 0. The van der Waals surface area contributed by atoms with Crippen LogP contribution < -0.4 is 0 Å². The van der Waals surface area contributed by atoms with Gasteiger partial charge in [0.25, 0.3) is 0 Å². The van der Waals surface area contributed by atoms with E-state index in [-0.39, 0.29) is 4.36 Å². The Balaban J connectivity index is 3.14. The minimum Gasteiger partial charge on any atom is -0.258 e. The van der Waals surface area contributed by atoms with E-state index in [1.165, 1.54) is 0 Å². The quantitative estimate of drug-likeness (QED) is 0.302. The maximum absolute atomic E-state index is 10.9. The number of halogens is 4. The fraction of sp³-hybridized carbons (Fsp3) is 0.0909. The van der Waals surface area contributed by atoms with Gasteiger partial charge in [-0.2, -0.15) is 0 Å². The second-order valence-corrected chi connectivity index (χ2v) is 6.38. The number of nitro groups is 1. The van der Waals surface area contributed by atoms with E-state index in [0.29, 0.717) is 0 Å². The maximum Gasteiger partial charge on any atom is 0.315 e. The summed E-state index contributed by atoms with van der Waals surface area (Å²) in [6, 6.07) is 7.31. The highest BCUT2D eigenvalue weighted by atomic mass is 35.5. The summed E-state index contributed by atoms with van der Waals surface area (Å²) >= 11 is 23.5. The van der Waals surface area contributed by atoms with Crippen molar-refractivity contribution in [2.45, 2.75) is 11.8 Å². The number of rotatable bonds is 4. The van der Waals surface area contributed by atoms with Crippen LogP contribution in [0.5, 0.6) is 0 Å². The standard InChI is InChI=1S/C11H7Cl4NO2S/c1-6-2-4-7(5-3-6)19-11(15)9(16(17)18)8(12)10(13)14/h2-5H,1H3/b11-9-. The van der Waals surface area contributed by atoms with Crippen LogP contribution in [0.1, 0.15) is 5.56 Å². The number of hydrogen-bond donors (Lipinski definition) is 0. The predicted molar refractivity (Wildman–Crippen MR) is 81.5 cm³/mol. The molecule has 0 aliphatic carbocycles. The molecule has 0 atom stereocenters. The summed E-state index contributed by atoms with van der Waals surface area (Å²) in [5.41, 5.74) is 0.551. The first-order chi connectivity index (χ1) is 8.82. The van der Waals surface area contributed by atoms with Crippen molar-refractivity contribution in [1.29, 1.82) is 0 Å². The van der Waals surface area contributed by atoms with Gasteiger partial charge in [0.15, 0.2) is 9.40 Å². The molecule has 3 nitrogen and oxygen atoms in total.